The number of rotatable bonds is 8. The number of nitrogens with zero attached hydrogens (tertiary/aromatic N) is 2. The topological polar surface area (TPSA) is 40.6 Å². The number of anilines is 1. The van der Waals surface area contributed by atoms with Gasteiger partial charge in [-0.05, 0) is 36.1 Å². The van der Waals surface area contributed by atoms with Crippen molar-refractivity contribution in [3.63, 3.8) is 0 Å². The third kappa shape index (κ3) is 4.88. The number of hydrogen-bond donors (Lipinski definition) is 0. The van der Waals surface area contributed by atoms with Crippen molar-refractivity contribution >= 4 is 63.0 Å². The molecule has 1 saturated heterocycles. The predicted octanol–water partition coefficient (Wildman–Crippen LogP) is 6.67. The number of benzene rings is 2. The maximum absolute atomic E-state index is 13.6. The summed E-state index contributed by atoms with van der Waals surface area (Å²) in [6.45, 7) is 5.35. The second kappa shape index (κ2) is 10.4. The first-order valence-electron chi connectivity index (χ1n) is 11.4. The van der Waals surface area contributed by atoms with Crippen LogP contribution in [0.15, 0.2) is 53.4 Å². The first-order chi connectivity index (χ1) is 15.9. The smallest absolute Gasteiger partial charge is 0.267 e. The Kier molecular flexibility index (Phi) is 7.57. The minimum atomic E-state index is -0.162. The van der Waals surface area contributed by atoms with Gasteiger partial charge in [-0.2, -0.15) is 0 Å². The molecule has 2 aromatic carbocycles. The maximum atomic E-state index is 13.6. The van der Waals surface area contributed by atoms with Gasteiger partial charge in [0.25, 0.3) is 11.8 Å². The lowest BCUT2D eigenvalue weighted by Gasteiger charge is -2.21. The SMILES string of the molecule is CCCC[C@H](CC)CN1C(=O)/C(=C2/C(=O)N(Cc3ccc(Cl)cc3)c3ccccc32)SC1=S. The lowest BCUT2D eigenvalue weighted by atomic mass is 9.98. The summed E-state index contributed by atoms with van der Waals surface area (Å²) < 4.78 is 0.541. The van der Waals surface area contributed by atoms with E-state index in [9.17, 15) is 9.59 Å². The molecule has 0 N–H and O–H groups in total. The molecule has 33 heavy (non-hydrogen) atoms. The van der Waals surface area contributed by atoms with Crippen molar-refractivity contribution in [1.29, 1.82) is 0 Å². The van der Waals surface area contributed by atoms with Crippen LogP contribution in [0.3, 0.4) is 0 Å². The molecule has 1 atom stereocenters. The summed E-state index contributed by atoms with van der Waals surface area (Å²) in [5.74, 6) is 0.0980. The monoisotopic (exact) mass is 498 g/mol. The van der Waals surface area contributed by atoms with Gasteiger partial charge in [-0.1, -0.05) is 99.0 Å². The average molecular weight is 499 g/mol. The van der Waals surface area contributed by atoms with Crippen LogP contribution in [0.1, 0.15) is 50.7 Å². The van der Waals surface area contributed by atoms with E-state index in [4.69, 9.17) is 23.8 Å². The Bertz CT molecular complexity index is 1110. The van der Waals surface area contributed by atoms with Crippen LogP contribution in [-0.2, 0) is 16.1 Å². The van der Waals surface area contributed by atoms with Gasteiger partial charge in [0.2, 0.25) is 0 Å². The second-order valence-electron chi connectivity index (χ2n) is 8.44. The second-order valence-corrected chi connectivity index (χ2v) is 10.5. The molecule has 2 heterocycles. The van der Waals surface area contributed by atoms with Gasteiger partial charge in [-0.3, -0.25) is 14.5 Å². The molecular weight excluding hydrogens is 472 g/mol. The number of carbonyl (C=O) groups excluding carboxylic acids is 2. The average Bonchev–Trinajstić information content (AvgIpc) is 3.25. The van der Waals surface area contributed by atoms with E-state index in [0.29, 0.717) is 38.8 Å². The van der Waals surface area contributed by atoms with Crippen LogP contribution in [-0.4, -0.2) is 27.6 Å². The summed E-state index contributed by atoms with van der Waals surface area (Å²) in [6.07, 6.45) is 4.35. The van der Waals surface area contributed by atoms with Crippen molar-refractivity contribution in [3.05, 3.63) is 69.6 Å². The highest BCUT2D eigenvalue weighted by molar-refractivity contribution is 8.26. The zero-order valence-electron chi connectivity index (χ0n) is 18.8. The molecule has 0 aromatic heterocycles. The summed E-state index contributed by atoms with van der Waals surface area (Å²) in [5.41, 5.74) is 3.03. The number of thioether (sulfide) groups is 1. The van der Waals surface area contributed by atoms with E-state index >= 15 is 0 Å². The van der Waals surface area contributed by atoms with Crippen molar-refractivity contribution in [2.24, 2.45) is 5.92 Å². The summed E-state index contributed by atoms with van der Waals surface area (Å²) in [5, 5.41) is 0.653. The molecule has 1 fully saturated rings. The number of halogens is 1. The largest absolute Gasteiger partial charge is 0.303 e. The summed E-state index contributed by atoms with van der Waals surface area (Å²) in [7, 11) is 0. The quantitative estimate of drug-likeness (QED) is 0.301. The van der Waals surface area contributed by atoms with Gasteiger partial charge in [0.1, 0.15) is 4.32 Å². The molecule has 0 bridgehead atoms. The van der Waals surface area contributed by atoms with Gasteiger partial charge in [-0.25, -0.2) is 0 Å². The number of fused-ring (bicyclic) bond motifs is 1. The van der Waals surface area contributed by atoms with Crippen LogP contribution in [0.25, 0.3) is 5.57 Å². The van der Waals surface area contributed by atoms with Crippen LogP contribution in [0.2, 0.25) is 5.02 Å². The van der Waals surface area contributed by atoms with Crippen LogP contribution >= 0.6 is 35.6 Å². The third-order valence-electron chi connectivity index (χ3n) is 6.24. The van der Waals surface area contributed by atoms with Crippen LogP contribution in [0.4, 0.5) is 5.69 Å². The van der Waals surface area contributed by atoms with Crippen LogP contribution < -0.4 is 4.90 Å². The maximum Gasteiger partial charge on any atom is 0.267 e. The Hall–Kier alpha value is -2.15. The molecular formula is C26H27ClN2O2S2. The highest BCUT2D eigenvalue weighted by atomic mass is 35.5. The number of para-hydroxylation sites is 1. The van der Waals surface area contributed by atoms with Gasteiger partial charge in [0, 0.05) is 17.1 Å². The van der Waals surface area contributed by atoms with Gasteiger partial charge < -0.3 is 4.90 Å². The number of carbonyl (C=O) groups is 2. The Balaban J connectivity index is 1.65. The Morgan fingerprint density at radius 1 is 1.00 bits per heavy atom. The molecule has 2 aliphatic heterocycles. The summed E-state index contributed by atoms with van der Waals surface area (Å²) in [4.78, 5) is 31.0. The highest BCUT2D eigenvalue weighted by Gasteiger charge is 2.42. The van der Waals surface area contributed by atoms with Gasteiger partial charge >= 0.3 is 0 Å². The molecule has 0 spiro atoms. The molecule has 4 nitrogen and oxygen atoms in total. The molecule has 0 aliphatic carbocycles. The third-order valence-corrected chi connectivity index (χ3v) is 7.94. The summed E-state index contributed by atoms with van der Waals surface area (Å²) >= 11 is 12.9. The van der Waals surface area contributed by atoms with Crippen molar-refractivity contribution < 1.29 is 9.59 Å². The minimum Gasteiger partial charge on any atom is -0.303 e. The van der Waals surface area contributed by atoms with E-state index in [2.05, 4.69) is 13.8 Å². The lowest BCUT2D eigenvalue weighted by Crippen LogP contribution is -2.33. The Morgan fingerprint density at radius 3 is 2.42 bits per heavy atom. The molecule has 7 heteroatoms. The van der Waals surface area contributed by atoms with Gasteiger partial charge in [-0.15, -0.1) is 0 Å². The fourth-order valence-corrected chi connectivity index (χ4v) is 5.78. The normalized spacial score (nSPS) is 18.9. The van der Waals surface area contributed by atoms with E-state index in [-0.39, 0.29) is 11.8 Å². The number of unbranched alkanes of at least 4 members (excludes halogenated alkanes) is 1. The zero-order chi connectivity index (χ0) is 23.5. The van der Waals surface area contributed by atoms with E-state index in [0.717, 1.165) is 42.5 Å². The first kappa shape index (κ1) is 24.0. The Morgan fingerprint density at radius 2 is 1.73 bits per heavy atom. The number of amides is 2. The van der Waals surface area contributed by atoms with E-state index < -0.39 is 0 Å². The van der Waals surface area contributed by atoms with Crippen molar-refractivity contribution in [2.75, 3.05) is 11.4 Å². The highest BCUT2D eigenvalue weighted by Crippen LogP contribution is 2.45. The van der Waals surface area contributed by atoms with Crippen molar-refractivity contribution in [3.8, 4) is 0 Å². The van der Waals surface area contributed by atoms with Gasteiger partial charge in [0.05, 0.1) is 22.7 Å². The van der Waals surface area contributed by atoms with Gasteiger partial charge in [0.15, 0.2) is 0 Å². The zero-order valence-corrected chi connectivity index (χ0v) is 21.2. The Labute approximate surface area is 210 Å². The number of hydrogen-bond acceptors (Lipinski definition) is 4. The molecule has 0 saturated carbocycles. The number of thiocarbonyl (C=S) groups is 1. The molecule has 2 aromatic rings. The molecule has 2 amide bonds. The minimum absolute atomic E-state index is 0.147. The first-order valence-corrected chi connectivity index (χ1v) is 13.0. The fourth-order valence-electron chi connectivity index (χ4n) is 4.31. The molecule has 4 rings (SSSR count). The summed E-state index contributed by atoms with van der Waals surface area (Å²) in [6, 6.07) is 15.1. The molecule has 0 radical (unpaired) electrons. The van der Waals surface area contributed by atoms with Crippen LogP contribution in [0.5, 0.6) is 0 Å². The van der Waals surface area contributed by atoms with E-state index in [1.807, 2.05) is 48.5 Å². The standard InChI is InChI=1S/C26H27ClN2O2S2/c1-3-5-8-17(4-2)15-29-25(31)23(33-26(29)32)22-20-9-6-7-10-21(20)28(24(22)30)16-18-11-13-19(27)14-12-18/h6-7,9-14,17H,3-5,8,15-16H2,1-2H3/b23-22-/t17-/m0/s1. The van der Waals surface area contributed by atoms with Crippen molar-refractivity contribution in [1.82, 2.24) is 4.90 Å². The van der Waals surface area contributed by atoms with E-state index in [1.165, 1.54) is 11.8 Å². The fraction of sp³-hybridized carbons (Fsp3) is 0.346. The predicted molar refractivity (Wildman–Crippen MR) is 141 cm³/mol. The molecule has 0 unspecified atom stereocenters. The lowest BCUT2D eigenvalue weighted by molar-refractivity contribution is -0.123. The van der Waals surface area contributed by atoms with Crippen molar-refractivity contribution in [2.45, 2.75) is 46.1 Å². The van der Waals surface area contributed by atoms with Crippen LogP contribution in [0, 0.1) is 5.92 Å². The molecule has 2 aliphatic rings. The van der Waals surface area contributed by atoms with E-state index in [1.54, 1.807) is 9.80 Å². The molecule has 172 valence electrons.